The Morgan fingerprint density at radius 2 is 1.94 bits per heavy atom. The van der Waals surface area contributed by atoms with Crippen molar-refractivity contribution in [2.24, 2.45) is 5.41 Å². The van der Waals surface area contributed by atoms with E-state index in [0.717, 1.165) is 27.4 Å². The van der Waals surface area contributed by atoms with Crippen LogP contribution < -0.4 is 10.6 Å². The number of esters is 1. The molecule has 1 saturated heterocycles. The molecule has 1 aromatic carbocycles. The fraction of sp³-hybridized carbons (Fsp3) is 0.520. The van der Waals surface area contributed by atoms with E-state index in [1.165, 1.54) is 7.11 Å². The number of aryl methyl sites for hydroxylation is 1. The number of methoxy groups -OCH3 is 1. The maximum Gasteiger partial charge on any atom is 0.407 e. The Morgan fingerprint density at radius 1 is 1.24 bits per heavy atom. The second-order valence-electron chi connectivity index (χ2n) is 9.49. The van der Waals surface area contributed by atoms with Gasteiger partial charge in [0.1, 0.15) is 12.1 Å². The third kappa shape index (κ3) is 6.56. The van der Waals surface area contributed by atoms with E-state index in [1.807, 2.05) is 51.2 Å². The van der Waals surface area contributed by atoms with Gasteiger partial charge in [-0.1, -0.05) is 52.0 Å². The lowest BCUT2D eigenvalue weighted by atomic mass is 9.85. The van der Waals surface area contributed by atoms with Crippen LogP contribution in [0.5, 0.6) is 0 Å². The van der Waals surface area contributed by atoms with Gasteiger partial charge in [0.15, 0.2) is 0 Å². The first-order chi connectivity index (χ1) is 16.1. The molecule has 34 heavy (non-hydrogen) atoms. The van der Waals surface area contributed by atoms with Crippen molar-refractivity contribution in [3.63, 3.8) is 0 Å². The van der Waals surface area contributed by atoms with Crippen LogP contribution in [0.4, 0.5) is 4.79 Å². The number of thiazole rings is 1. The summed E-state index contributed by atoms with van der Waals surface area (Å²) in [4.78, 5) is 42.4. The molecule has 1 aliphatic heterocycles. The molecule has 0 unspecified atom stereocenters. The molecule has 0 bridgehead atoms. The predicted octanol–water partition coefficient (Wildman–Crippen LogP) is 3.88. The average Bonchev–Trinajstić information content (AvgIpc) is 3.45. The van der Waals surface area contributed by atoms with Gasteiger partial charge >= 0.3 is 12.1 Å². The van der Waals surface area contributed by atoms with Crippen LogP contribution in [0.1, 0.15) is 51.1 Å². The number of hydrogen-bond acceptors (Lipinski definition) is 7. The molecule has 3 atom stereocenters. The summed E-state index contributed by atoms with van der Waals surface area (Å²) >= 11 is 1.68. The molecule has 0 saturated carbocycles. The van der Waals surface area contributed by atoms with Gasteiger partial charge in [0.05, 0.1) is 23.0 Å². The first-order valence-electron chi connectivity index (χ1n) is 11.5. The molecule has 1 aliphatic rings. The zero-order valence-corrected chi connectivity index (χ0v) is 21.2. The monoisotopic (exact) mass is 487 g/mol. The fourth-order valence-electron chi connectivity index (χ4n) is 3.89. The maximum absolute atomic E-state index is 13.2. The number of benzene rings is 1. The Kier molecular flexibility index (Phi) is 8.30. The van der Waals surface area contributed by atoms with Crippen LogP contribution in [0.15, 0.2) is 30.5 Å². The molecule has 184 valence electrons. The van der Waals surface area contributed by atoms with Crippen molar-refractivity contribution in [3.05, 3.63) is 41.0 Å². The van der Waals surface area contributed by atoms with Crippen LogP contribution in [0.3, 0.4) is 0 Å². The quantitative estimate of drug-likeness (QED) is 0.548. The number of carbonyl (C=O) groups is 3. The van der Waals surface area contributed by atoms with E-state index >= 15 is 0 Å². The molecular formula is C25H33N3O5S. The lowest BCUT2D eigenvalue weighted by Crippen LogP contribution is -2.57. The normalized spacial score (nSPS) is 17.6. The van der Waals surface area contributed by atoms with Gasteiger partial charge in [-0.3, -0.25) is 9.59 Å². The van der Waals surface area contributed by atoms with E-state index in [0.29, 0.717) is 19.3 Å². The number of rotatable bonds is 8. The van der Waals surface area contributed by atoms with Crippen molar-refractivity contribution in [2.75, 3.05) is 7.11 Å². The number of carbonyl (C=O) groups excluding carboxylic acids is 3. The number of ether oxygens (including phenoxy) is 2. The molecule has 9 heteroatoms. The van der Waals surface area contributed by atoms with Gasteiger partial charge in [0.25, 0.3) is 0 Å². The van der Waals surface area contributed by atoms with Crippen molar-refractivity contribution >= 4 is 29.3 Å². The molecule has 2 heterocycles. The Labute approximate surface area is 204 Å². The first kappa shape index (κ1) is 25.7. The van der Waals surface area contributed by atoms with Crippen LogP contribution in [-0.4, -0.2) is 48.3 Å². The number of amides is 2. The molecule has 3 rings (SSSR count). The van der Waals surface area contributed by atoms with E-state index in [9.17, 15) is 14.4 Å². The minimum absolute atomic E-state index is 0.267. The summed E-state index contributed by atoms with van der Waals surface area (Å²) in [6.45, 7) is 7.67. The second-order valence-corrected chi connectivity index (χ2v) is 10.6. The van der Waals surface area contributed by atoms with Crippen LogP contribution in [0, 0.1) is 5.41 Å². The zero-order chi connectivity index (χ0) is 24.9. The van der Waals surface area contributed by atoms with Crippen LogP contribution >= 0.6 is 11.3 Å². The number of aromatic nitrogens is 1. The molecule has 2 amide bonds. The molecule has 0 spiro atoms. The summed E-state index contributed by atoms with van der Waals surface area (Å²) in [7, 11) is 1.26. The standard InChI is InChI=1S/C25H33N3O5S/c1-6-20-26-14-19(34-20)16-9-7-15(8-10-16)13-17(18-11-12-21(29)33-18)27-23(30)22(25(2,3)4)28-24(31)32-5/h7-10,14,17-18,22H,6,11-13H2,1-5H3,(H,27,30)(H,28,31)/t17-,18-,22+/m0/s1. The van der Waals surface area contributed by atoms with Crippen molar-refractivity contribution < 1.29 is 23.9 Å². The summed E-state index contributed by atoms with van der Waals surface area (Å²) in [6.07, 6.45) is 3.04. The minimum atomic E-state index is -0.818. The molecule has 2 N–H and O–H groups in total. The maximum atomic E-state index is 13.2. The largest absolute Gasteiger partial charge is 0.460 e. The third-order valence-corrected chi connectivity index (χ3v) is 7.01. The Bertz CT molecular complexity index is 1010. The number of nitrogens with zero attached hydrogens (tertiary/aromatic N) is 1. The number of nitrogens with one attached hydrogen (secondary N) is 2. The molecular weight excluding hydrogens is 454 g/mol. The highest BCUT2D eigenvalue weighted by molar-refractivity contribution is 7.15. The molecule has 1 fully saturated rings. The molecule has 0 radical (unpaired) electrons. The van der Waals surface area contributed by atoms with Gasteiger partial charge < -0.3 is 20.1 Å². The van der Waals surface area contributed by atoms with Crippen LogP contribution in [0.2, 0.25) is 0 Å². The average molecular weight is 488 g/mol. The summed E-state index contributed by atoms with van der Waals surface area (Å²) in [5.41, 5.74) is 1.54. The number of hydrogen-bond donors (Lipinski definition) is 2. The van der Waals surface area contributed by atoms with Gasteiger partial charge in [-0.2, -0.15) is 0 Å². The Balaban J connectivity index is 1.77. The van der Waals surface area contributed by atoms with E-state index in [1.54, 1.807) is 11.3 Å². The second kappa shape index (κ2) is 11.0. The van der Waals surface area contributed by atoms with Gasteiger partial charge in [0, 0.05) is 12.6 Å². The van der Waals surface area contributed by atoms with Crippen molar-refractivity contribution in [2.45, 2.75) is 71.6 Å². The molecule has 2 aromatic rings. The van der Waals surface area contributed by atoms with Gasteiger partial charge in [-0.25, -0.2) is 9.78 Å². The number of cyclic esters (lactones) is 1. The van der Waals surface area contributed by atoms with Crippen molar-refractivity contribution in [3.8, 4) is 10.4 Å². The smallest absolute Gasteiger partial charge is 0.407 e. The minimum Gasteiger partial charge on any atom is -0.460 e. The summed E-state index contributed by atoms with van der Waals surface area (Å²) < 4.78 is 10.2. The van der Waals surface area contributed by atoms with Crippen molar-refractivity contribution in [1.29, 1.82) is 0 Å². The van der Waals surface area contributed by atoms with E-state index in [4.69, 9.17) is 9.47 Å². The van der Waals surface area contributed by atoms with E-state index < -0.39 is 29.7 Å². The van der Waals surface area contributed by atoms with Gasteiger partial charge in [0.2, 0.25) is 5.91 Å². The summed E-state index contributed by atoms with van der Waals surface area (Å²) in [6, 6.07) is 6.87. The van der Waals surface area contributed by atoms with E-state index in [2.05, 4.69) is 22.5 Å². The SMILES string of the molecule is CCc1ncc(-c2ccc(C[C@H](NC(=O)[C@@H](NC(=O)OC)C(C)(C)C)[C@@H]3CCC(=O)O3)cc2)s1. The Hall–Kier alpha value is -2.94. The molecule has 1 aromatic heterocycles. The van der Waals surface area contributed by atoms with Crippen LogP contribution in [0.25, 0.3) is 10.4 Å². The van der Waals surface area contributed by atoms with E-state index in [-0.39, 0.29) is 11.9 Å². The van der Waals surface area contributed by atoms with Crippen LogP contribution in [-0.2, 0) is 31.9 Å². The highest BCUT2D eigenvalue weighted by Gasteiger charge is 2.37. The topological polar surface area (TPSA) is 107 Å². The lowest BCUT2D eigenvalue weighted by Gasteiger charge is -2.32. The highest BCUT2D eigenvalue weighted by Crippen LogP contribution is 2.28. The van der Waals surface area contributed by atoms with Crippen molar-refractivity contribution in [1.82, 2.24) is 15.6 Å². The zero-order valence-electron chi connectivity index (χ0n) is 20.3. The fourth-order valence-corrected chi connectivity index (χ4v) is 4.75. The molecule has 8 nitrogen and oxygen atoms in total. The third-order valence-electron chi connectivity index (χ3n) is 5.82. The summed E-state index contributed by atoms with van der Waals surface area (Å²) in [5, 5.41) is 6.74. The lowest BCUT2D eigenvalue weighted by molar-refractivity contribution is -0.143. The van der Waals surface area contributed by atoms with Gasteiger partial charge in [-0.15, -0.1) is 11.3 Å². The highest BCUT2D eigenvalue weighted by atomic mass is 32.1. The predicted molar refractivity (Wildman–Crippen MR) is 130 cm³/mol. The van der Waals surface area contributed by atoms with Gasteiger partial charge in [-0.05, 0) is 35.8 Å². The molecule has 0 aliphatic carbocycles. The first-order valence-corrected chi connectivity index (χ1v) is 12.3. The summed E-state index contributed by atoms with van der Waals surface area (Å²) in [5.74, 6) is -0.615. The number of alkyl carbamates (subject to hydrolysis) is 1. The Morgan fingerprint density at radius 3 is 2.47 bits per heavy atom.